The molecule has 0 bridgehead atoms. The highest BCUT2D eigenvalue weighted by Crippen LogP contribution is 2.60. The zero-order valence-corrected chi connectivity index (χ0v) is 17.6. The SMILES string of the molecule is CCCCCCCCCCCCCCCCCCOP1(=O)OC(C)O1. The largest absolute Gasteiger partial charge is 0.479 e. The molecule has 5 heteroatoms. The molecule has 1 aliphatic rings. The van der Waals surface area contributed by atoms with Crippen LogP contribution in [0.1, 0.15) is 117 Å². The normalized spacial score (nSPS) is 22.9. The average Bonchev–Trinajstić information content (AvgIpc) is 2.56. The Hall–Kier alpha value is 0.110. The summed E-state index contributed by atoms with van der Waals surface area (Å²) in [4.78, 5) is 0. The van der Waals surface area contributed by atoms with E-state index in [0.717, 1.165) is 12.8 Å². The highest BCUT2D eigenvalue weighted by Gasteiger charge is 2.41. The van der Waals surface area contributed by atoms with Crippen molar-refractivity contribution >= 4 is 7.82 Å². The molecule has 0 N–H and O–H groups in total. The summed E-state index contributed by atoms with van der Waals surface area (Å²) in [5.74, 6) is 0. The third kappa shape index (κ3) is 13.0. The summed E-state index contributed by atoms with van der Waals surface area (Å²) in [6.45, 7) is 4.47. The highest BCUT2D eigenvalue weighted by atomic mass is 31.2. The van der Waals surface area contributed by atoms with Crippen LogP contribution < -0.4 is 0 Å². The fourth-order valence-electron chi connectivity index (χ4n) is 3.26. The second kappa shape index (κ2) is 15.2. The molecular weight excluding hydrogens is 335 g/mol. The fourth-order valence-corrected chi connectivity index (χ4v) is 4.48. The highest BCUT2D eigenvalue weighted by molar-refractivity contribution is 7.49. The minimum absolute atomic E-state index is 0.378. The smallest absolute Gasteiger partial charge is 0.287 e. The van der Waals surface area contributed by atoms with Crippen molar-refractivity contribution in [3.63, 3.8) is 0 Å². The van der Waals surface area contributed by atoms with Gasteiger partial charge in [-0.2, -0.15) is 0 Å². The molecule has 25 heavy (non-hydrogen) atoms. The zero-order chi connectivity index (χ0) is 18.2. The second-order valence-electron chi connectivity index (χ2n) is 7.36. The van der Waals surface area contributed by atoms with Gasteiger partial charge in [0.1, 0.15) is 0 Å². The molecule has 0 atom stereocenters. The van der Waals surface area contributed by atoms with Crippen LogP contribution >= 0.6 is 7.82 Å². The van der Waals surface area contributed by atoms with E-state index in [1.54, 1.807) is 6.92 Å². The first-order chi connectivity index (χ1) is 12.2. The Kier molecular flexibility index (Phi) is 14.1. The van der Waals surface area contributed by atoms with E-state index in [1.807, 2.05) is 0 Å². The van der Waals surface area contributed by atoms with E-state index < -0.39 is 7.82 Å². The number of phosphoric acid groups is 1. The quantitative estimate of drug-likeness (QED) is 0.181. The average molecular weight is 377 g/mol. The van der Waals surface area contributed by atoms with Crippen molar-refractivity contribution in [3.8, 4) is 0 Å². The van der Waals surface area contributed by atoms with Crippen molar-refractivity contribution in [2.24, 2.45) is 0 Å². The van der Waals surface area contributed by atoms with E-state index >= 15 is 0 Å². The van der Waals surface area contributed by atoms with Gasteiger partial charge in [0.25, 0.3) is 0 Å². The molecule has 1 aliphatic heterocycles. The lowest BCUT2D eigenvalue weighted by atomic mass is 10.0. The van der Waals surface area contributed by atoms with E-state index in [-0.39, 0.29) is 6.29 Å². The van der Waals surface area contributed by atoms with Gasteiger partial charge >= 0.3 is 7.82 Å². The van der Waals surface area contributed by atoms with Crippen LogP contribution in [-0.2, 0) is 18.1 Å². The van der Waals surface area contributed by atoms with Gasteiger partial charge in [-0.15, -0.1) is 0 Å². The molecule has 0 aromatic heterocycles. The van der Waals surface area contributed by atoms with Gasteiger partial charge in [-0.1, -0.05) is 103 Å². The molecule has 0 saturated carbocycles. The number of unbranched alkanes of at least 4 members (excludes halogenated alkanes) is 15. The van der Waals surface area contributed by atoms with Gasteiger partial charge in [0, 0.05) is 0 Å². The van der Waals surface area contributed by atoms with Gasteiger partial charge in [0.15, 0.2) is 6.29 Å². The molecule has 1 heterocycles. The Morgan fingerprint density at radius 3 is 1.40 bits per heavy atom. The van der Waals surface area contributed by atoms with E-state index in [9.17, 15) is 4.57 Å². The molecule has 0 aromatic rings. The molecule has 0 unspecified atom stereocenters. The standard InChI is InChI=1S/C20H41O4P/c1-3-4-5-6-7-8-9-10-11-12-13-14-15-16-17-18-19-22-25(21)23-20(2)24-25/h20H,3-19H2,1-2H3. The second-order valence-corrected chi connectivity index (χ2v) is 8.94. The van der Waals surface area contributed by atoms with Gasteiger partial charge in [0.2, 0.25) is 0 Å². The molecule has 0 spiro atoms. The van der Waals surface area contributed by atoms with Gasteiger partial charge in [-0.25, -0.2) is 4.57 Å². The number of hydrogen-bond acceptors (Lipinski definition) is 4. The van der Waals surface area contributed by atoms with Crippen LogP contribution in [0, 0.1) is 0 Å². The molecule has 0 radical (unpaired) electrons. The van der Waals surface area contributed by atoms with Crippen LogP contribution in [0.25, 0.3) is 0 Å². The summed E-state index contributed by atoms with van der Waals surface area (Å²) < 4.78 is 26.7. The van der Waals surface area contributed by atoms with Gasteiger partial charge in [-0.05, 0) is 13.3 Å². The Morgan fingerprint density at radius 1 is 0.680 bits per heavy atom. The molecular formula is C20H41O4P. The minimum atomic E-state index is -3.14. The summed E-state index contributed by atoms with van der Waals surface area (Å²) in [6, 6.07) is 0. The first-order valence-electron chi connectivity index (χ1n) is 10.8. The van der Waals surface area contributed by atoms with Crippen molar-refractivity contribution in [2.45, 2.75) is 123 Å². The van der Waals surface area contributed by atoms with Crippen LogP contribution in [0.2, 0.25) is 0 Å². The van der Waals surface area contributed by atoms with Crippen LogP contribution in [-0.4, -0.2) is 12.9 Å². The van der Waals surface area contributed by atoms with Crippen molar-refractivity contribution in [1.29, 1.82) is 0 Å². The molecule has 0 aliphatic carbocycles. The van der Waals surface area contributed by atoms with E-state index in [4.69, 9.17) is 13.6 Å². The molecule has 150 valence electrons. The Bertz CT molecular complexity index is 339. The summed E-state index contributed by atoms with van der Waals surface area (Å²) in [6.07, 6.45) is 21.1. The van der Waals surface area contributed by atoms with Crippen LogP contribution in [0.4, 0.5) is 0 Å². The lowest BCUT2D eigenvalue weighted by Crippen LogP contribution is -2.23. The first-order valence-corrected chi connectivity index (χ1v) is 12.2. The summed E-state index contributed by atoms with van der Waals surface area (Å²) in [5, 5.41) is 0. The molecule has 4 nitrogen and oxygen atoms in total. The minimum Gasteiger partial charge on any atom is -0.287 e. The number of hydrogen-bond donors (Lipinski definition) is 0. The monoisotopic (exact) mass is 376 g/mol. The molecule has 1 saturated heterocycles. The number of phosphoric ester groups is 1. The first kappa shape index (κ1) is 23.1. The molecule has 1 rings (SSSR count). The van der Waals surface area contributed by atoms with Crippen molar-refractivity contribution in [2.75, 3.05) is 6.61 Å². The summed E-state index contributed by atoms with van der Waals surface area (Å²) in [5.41, 5.74) is 0. The lowest BCUT2D eigenvalue weighted by molar-refractivity contribution is -0.114. The van der Waals surface area contributed by atoms with Crippen LogP contribution in [0.3, 0.4) is 0 Å². The maximum Gasteiger partial charge on any atom is 0.479 e. The Balaban J connectivity index is 1.68. The summed E-state index contributed by atoms with van der Waals surface area (Å²) >= 11 is 0. The molecule has 0 amide bonds. The van der Waals surface area contributed by atoms with Crippen molar-refractivity contribution in [3.05, 3.63) is 0 Å². The van der Waals surface area contributed by atoms with Crippen LogP contribution in [0.5, 0.6) is 0 Å². The van der Waals surface area contributed by atoms with Crippen molar-refractivity contribution < 1.29 is 18.1 Å². The topological polar surface area (TPSA) is 44.8 Å². The Morgan fingerprint density at radius 2 is 1.04 bits per heavy atom. The maximum absolute atomic E-state index is 11.6. The zero-order valence-electron chi connectivity index (χ0n) is 16.7. The predicted molar refractivity (Wildman–Crippen MR) is 105 cm³/mol. The van der Waals surface area contributed by atoms with E-state index in [0.29, 0.717) is 6.61 Å². The van der Waals surface area contributed by atoms with E-state index in [2.05, 4.69) is 6.92 Å². The Labute approximate surface area is 156 Å². The molecule has 0 aromatic carbocycles. The van der Waals surface area contributed by atoms with E-state index in [1.165, 1.54) is 89.9 Å². The third-order valence-corrected chi connectivity index (χ3v) is 6.41. The van der Waals surface area contributed by atoms with Gasteiger partial charge in [0.05, 0.1) is 6.61 Å². The lowest BCUT2D eigenvalue weighted by Gasteiger charge is -2.31. The summed E-state index contributed by atoms with van der Waals surface area (Å²) in [7, 11) is -3.14. The maximum atomic E-state index is 11.6. The van der Waals surface area contributed by atoms with Gasteiger partial charge in [-0.3, -0.25) is 13.6 Å². The molecule has 1 fully saturated rings. The number of rotatable bonds is 18. The fraction of sp³-hybridized carbons (Fsp3) is 1.00. The third-order valence-electron chi connectivity index (χ3n) is 4.80. The van der Waals surface area contributed by atoms with Gasteiger partial charge < -0.3 is 0 Å². The van der Waals surface area contributed by atoms with Crippen LogP contribution in [0.15, 0.2) is 0 Å². The predicted octanol–water partition coefficient (Wildman–Crippen LogP) is 7.77. The van der Waals surface area contributed by atoms with Crippen molar-refractivity contribution in [1.82, 2.24) is 0 Å².